The fourth-order valence-electron chi connectivity index (χ4n) is 2.18. The van der Waals surface area contributed by atoms with Crippen molar-refractivity contribution in [3.8, 4) is 0 Å². The van der Waals surface area contributed by atoms with Crippen molar-refractivity contribution in [2.45, 2.75) is 76.9 Å². The zero-order valence-corrected chi connectivity index (χ0v) is 12.0. The highest BCUT2D eigenvalue weighted by molar-refractivity contribution is 4.77. The van der Waals surface area contributed by atoms with Crippen molar-refractivity contribution >= 4 is 0 Å². The Hall–Kier alpha value is -0.120. The predicted octanol–water partition coefficient (Wildman–Crippen LogP) is 2.87. The van der Waals surface area contributed by atoms with Crippen LogP contribution in [-0.4, -0.2) is 37.0 Å². The van der Waals surface area contributed by atoms with Crippen molar-refractivity contribution in [1.82, 2.24) is 5.32 Å². The zero-order chi connectivity index (χ0) is 13.1. The molecule has 0 saturated heterocycles. The maximum Gasteiger partial charge on any atom is 0.0897 e. The van der Waals surface area contributed by atoms with Gasteiger partial charge in [-0.05, 0) is 19.3 Å². The van der Waals surface area contributed by atoms with E-state index < -0.39 is 0 Å². The van der Waals surface area contributed by atoms with E-state index in [4.69, 9.17) is 4.74 Å². The second-order valence-corrected chi connectivity index (χ2v) is 5.53. The molecule has 3 nitrogen and oxygen atoms in total. The van der Waals surface area contributed by atoms with Gasteiger partial charge in [-0.25, -0.2) is 0 Å². The standard InChI is InChI=1S/C15H31NO2/c1-2-3-4-5-6-7-11-18-13-15(17)12-16-14-9-8-10-14/h14-17H,2-13H2,1H3. The first-order valence-electron chi connectivity index (χ1n) is 7.82. The lowest BCUT2D eigenvalue weighted by atomic mass is 9.93. The summed E-state index contributed by atoms with van der Waals surface area (Å²) in [5.41, 5.74) is 0. The SMILES string of the molecule is CCCCCCCCOCC(O)CNC1CCC1. The van der Waals surface area contributed by atoms with Gasteiger partial charge < -0.3 is 15.2 Å². The van der Waals surface area contributed by atoms with Crippen LogP contribution < -0.4 is 5.32 Å². The molecule has 3 heteroatoms. The molecular weight excluding hydrogens is 226 g/mol. The van der Waals surface area contributed by atoms with Crippen LogP contribution in [0.25, 0.3) is 0 Å². The Morgan fingerprint density at radius 2 is 1.89 bits per heavy atom. The van der Waals surface area contributed by atoms with Gasteiger partial charge in [0.25, 0.3) is 0 Å². The Kier molecular flexibility index (Phi) is 9.54. The molecule has 1 unspecified atom stereocenters. The molecule has 1 aliphatic rings. The normalized spacial score (nSPS) is 17.7. The van der Waals surface area contributed by atoms with Crippen LogP contribution in [0.2, 0.25) is 0 Å². The number of unbranched alkanes of at least 4 members (excludes halogenated alkanes) is 5. The summed E-state index contributed by atoms with van der Waals surface area (Å²) in [4.78, 5) is 0. The van der Waals surface area contributed by atoms with Gasteiger partial charge in [0.1, 0.15) is 0 Å². The second-order valence-electron chi connectivity index (χ2n) is 5.53. The van der Waals surface area contributed by atoms with Gasteiger partial charge in [-0.2, -0.15) is 0 Å². The minimum Gasteiger partial charge on any atom is -0.389 e. The predicted molar refractivity (Wildman–Crippen MR) is 75.8 cm³/mol. The monoisotopic (exact) mass is 257 g/mol. The summed E-state index contributed by atoms with van der Waals surface area (Å²) in [7, 11) is 0. The molecule has 0 radical (unpaired) electrons. The number of nitrogens with one attached hydrogen (secondary N) is 1. The van der Waals surface area contributed by atoms with E-state index in [0.29, 0.717) is 19.2 Å². The van der Waals surface area contributed by atoms with Crippen LogP contribution in [0, 0.1) is 0 Å². The highest BCUT2D eigenvalue weighted by Gasteiger charge is 2.17. The molecule has 1 atom stereocenters. The molecule has 2 N–H and O–H groups in total. The van der Waals surface area contributed by atoms with Crippen LogP contribution in [-0.2, 0) is 4.74 Å². The lowest BCUT2D eigenvalue weighted by Crippen LogP contribution is -2.41. The Morgan fingerprint density at radius 1 is 1.17 bits per heavy atom. The highest BCUT2D eigenvalue weighted by Crippen LogP contribution is 2.17. The summed E-state index contributed by atoms with van der Waals surface area (Å²) in [6.45, 7) is 4.20. The Balaban J connectivity index is 1.76. The molecule has 18 heavy (non-hydrogen) atoms. The second kappa shape index (κ2) is 10.8. The van der Waals surface area contributed by atoms with Crippen molar-refractivity contribution in [3.63, 3.8) is 0 Å². The average Bonchev–Trinajstić information content (AvgIpc) is 2.30. The molecule has 1 saturated carbocycles. The molecule has 0 amide bonds. The summed E-state index contributed by atoms with van der Waals surface area (Å²) >= 11 is 0. The third kappa shape index (κ3) is 8.06. The molecule has 1 aliphatic carbocycles. The molecule has 0 spiro atoms. The van der Waals surface area contributed by atoms with Crippen LogP contribution >= 0.6 is 0 Å². The fraction of sp³-hybridized carbons (Fsp3) is 1.00. The lowest BCUT2D eigenvalue weighted by molar-refractivity contribution is 0.0327. The molecule has 1 fully saturated rings. The lowest BCUT2D eigenvalue weighted by Gasteiger charge is -2.27. The van der Waals surface area contributed by atoms with E-state index in [1.54, 1.807) is 0 Å². The van der Waals surface area contributed by atoms with E-state index in [-0.39, 0.29) is 6.10 Å². The summed E-state index contributed by atoms with van der Waals surface area (Å²) in [5, 5.41) is 13.1. The number of rotatable bonds is 12. The van der Waals surface area contributed by atoms with Gasteiger partial charge in [0, 0.05) is 19.2 Å². The third-order valence-corrected chi connectivity index (χ3v) is 3.70. The van der Waals surface area contributed by atoms with E-state index in [0.717, 1.165) is 13.0 Å². The van der Waals surface area contributed by atoms with Gasteiger partial charge in [-0.15, -0.1) is 0 Å². The number of ether oxygens (including phenoxy) is 1. The first-order chi connectivity index (χ1) is 8.83. The van der Waals surface area contributed by atoms with Gasteiger partial charge in [-0.3, -0.25) is 0 Å². The average molecular weight is 257 g/mol. The van der Waals surface area contributed by atoms with Crippen molar-refractivity contribution in [2.24, 2.45) is 0 Å². The summed E-state index contributed by atoms with van der Waals surface area (Å²) in [6.07, 6.45) is 11.3. The molecule has 0 bridgehead atoms. The van der Waals surface area contributed by atoms with Gasteiger partial charge in [0.2, 0.25) is 0 Å². The van der Waals surface area contributed by atoms with E-state index in [1.165, 1.54) is 51.4 Å². The van der Waals surface area contributed by atoms with Crippen LogP contribution in [0.1, 0.15) is 64.7 Å². The molecule has 0 aromatic rings. The minimum atomic E-state index is -0.342. The fourth-order valence-corrected chi connectivity index (χ4v) is 2.18. The van der Waals surface area contributed by atoms with Gasteiger partial charge in [0.05, 0.1) is 12.7 Å². The van der Waals surface area contributed by atoms with Crippen molar-refractivity contribution < 1.29 is 9.84 Å². The molecule has 1 rings (SSSR count). The molecular formula is C15H31NO2. The van der Waals surface area contributed by atoms with Crippen LogP contribution in [0.4, 0.5) is 0 Å². The topological polar surface area (TPSA) is 41.5 Å². The van der Waals surface area contributed by atoms with Gasteiger partial charge >= 0.3 is 0 Å². The number of hydrogen-bond donors (Lipinski definition) is 2. The summed E-state index contributed by atoms with van der Waals surface area (Å²) in [6, 6.07) is 0.651. The van der Waals surface area contributed by atoms with Crippen molar-refractivity contribution in [2.75, 3.05) is 19.8 Å². The zero-order valence-electron chi connectivity index (χ0n) is 12.0. The molecule has 0 aromatic carbocycles. The number of aliphatic hydroxyl groups excluding tert-OH is 1. The highest BCUT2D eigenvalue weighted by atomic mass is 16.5. The van der Waals surface area contributed by atoms with E-state index in [1.807, 2.05) is 0 Å². The smallest absolute Gasteiger partial charge is 0.0897 e. The van der Waals surface area contributed by atoms with Crippen LogP contribution in [0.15, 0.2) is 0 Å². The maximum atomic E-state index is 9.70. The van der Waals surface area contributed by atoms with Crippen molar-refractivity contribution in [3.05, 3.63) is 0 Å². The van der Waals surface area contributed by atoms with E-state index in [9.17, 15) is 5.11 Å². The number of aliphatic hydroxyl groups is 1. The number of hydrogen-bond acceptors (Lipinski definition) is 3. The van der Waals surface area contributed by atoms with E-state index in [2.05, 4.69) is 12.2 Å². The van der Waals surface area contributed by atoms with Crippen LogP contribution in [0.5, 0.6) is 0 Å². The Labute approximate surface area is 112 Å². The van der Waals surface area contributed by atoms with Crippen LogP contribution in [0.3, 0.4) is 0 Å². The minimum absolute atomic E-state index is 0.342. The van der Waals surface area contributed by atoms with Gasteiger partial charge in [-0.1, -0.05) is 45.4 Å². The Morgan fingerprint density at radius 3 is 2.56 bits per heavy atom. The largest absolute Gasteiger partial charge is 0.389 e. The summed E-state index contributed by atoms with van der Waals surface area (Å²) < 4.78 is 5.50. The maximum absolute atomic E-state index is 9.70. The molecule has 0 aromatic heterocycles. The van der Waals surface area contributed by atoms with Gasteiger partial charge in [0.15, 0.2) is 0 Å². The Bertz CT molecular complexity index is 183. The third-order valence-electron chi connectivity index (χ3n) is 3.70. The first kappa shape index (κ1) is 15.9. The van der Waals surface area contributed by atoms with Crippen molar-refractivity contribution in [1.29, 1.82) is 0 Å². The molecule has 108 valence electrons. The summed E-state index contributed by atoms with van der Waals surface area (Å²) in [5.74, 6) is 0. The molecule has 0 aliphatic heterocycles. The molecule has 0 heterocycles. The quantitative estimate of drug-likeness (QED) is 0.528. The van der Waals surface area contributed by atoms with E-state index >= 15 is 0 Å². The first-order valence-corrected chi connectivity index (χ1v) is 7.82.